The molecule has 0 bridgehead atoms. The van der Waals surface area contributed by atoms with Crippen LogP contribution in [0.25, 0.3) is 0 Å². The maximum atomic E-state index is 5.97. The first-order valence-corrected chi connectivity index (χ1v) is 6.53. The molecular formula is C15H20O2. The molecule has 0 radical (unpaired) electrons. The SMILES string of the molecule is COC12CCCC1(Cc1ccccc1)CCO2. The Morgan fingerprint density at radius 3 is 2.76 bits per heavy atom. The first kappa shape index (κ1) is 11.2. The Kier molecular flexibility index (Phi) is 2.72. The second-order valence-electron chi connectivity index (χ2n) is 5.35. The molecule has 0 N–H and O–H groups in total. The van der Waals surface area contributed by atoms with Gasteiger partial charge >= 0.3 is 0 Å². The summed E-state index contributed by atoms with van der Waals surface area (Å²) in [5, 5.41) is 0. The van der Waals surface area contributed by atoms with Gasteiger partial charge in [-0.25, -0.2) is 0 Å². The van der Waals surface area contributed by atoms with E-state index in [0.717, 1.165) is 25.9 Å². The highest BCUT2D eigenvalue weighted by molar-refractivity contribution is 5.19. The molecule has 1 aromatic rings. The highest BCUT2D eigenvalue weighted by Crippen LogP contribution is 2.57. The van der Waals surface area contributed by atoms with Crippen molar-refractivity contribution in [3.05, 3.63) is 35.9 Å². The Bertz CT molecular complexity index is 375. The minimum atomic E-state index is -0.303. The molecule has 0 spiro atoms. The Morgan fingerprint density at radius 2 is 2.00 bits per heavy atom. The van der Waals surface area contributed by atoms with E-state index >= 15 is 0 Å². The van der Waals surface area contributed by atoms with E-state index < -0.39 is 0 Å². The van der Waals surface area contributed by atoms with Crippen LogP contribution in [-0.2, 0) is 15.9 Å². The third-order valence-electron chi connectivity index (χ3n) is 4.60. The van der Waals surface area contributed by atoms with E-state index in [1.807, 2.05) is 0 Å². The third kappa shape index (κ3) is 1.62. The molecule has 2 fully saturated rings. The Labute approximate surface area is 103 Å². The van der Waals surface area contributed by atoms with Crippen LogP contribution in [0.2, 0.25) is 0 Å². The molecule has 92 valence electrons. The summed E-state index contributed by atoms with van der Waals surface area (Å²) in [7, 11) is 1.80. The van der Waals surface area contributed by atoms with Crippen molar-refractivity contribution >= 4 is 0 Å². The van der Waals surface area contributed by atoms with Crippen molar-refractivity contribution in [1.82, 2.24) is 0 Å². The molecule has 0 amide bonds. The lowest BCUT2D eigenvalue weighted by atomic mass is 9.75. The van der Waals surface area contributed by atoms with Crippen molar-refractivity contribution in [2.45, 2.75) is 37.9 Å². The maximum absolute atomic E-state index is 5.97. The van der Waals surface area contributed by atoms with Gasteiger partial charge in [0, 0.05) is 18.9 Å². The summed E-state index contributed by atoms with van der Waals surface area (Å²) in [6.45, 7) is 0.848. The molecule has 2 heteroatoms. The van der Waals surface area contributed by atoms with Gasteiger partial charge in [0.1, 0.15) is 0 Å². The Morgan fingerprint density at radius 1 is 1.18 bits per heavy atom. The van der Waals surface area contributed by atoms with Crippen LogP contribution in [0.5, 0.6) is 0 Å². The summed E-state index contributed by atoms with van der Waals surface area (Å²) in [6.07, 6.45) is 5.73. The molecule has 1 saturated heterocycles. The number of methoxy groups -OCH3 is 1. The van der Waals surface area contributed by atoms with Crippen molar-refractivity contribution in [3.63, 3.8) is 0 Å². The monoisotopic (exact) mass is 232 g/mol. The second kappa shape index (κ2) is 4.11. The normalized spacial score (nSPS) is 36.1. The van der Waals surface area contributed by atoms with Gasteiger partial charge in [-0.3, -0.25) is 0 Å². The molecule has 1 aliphatic carbocycles. The first-order valence-electron chi connectivity index (χ1n) is 6.53. The molecule has 0 aromatic heterocycles. The zero-order valence-electron chi connectivity index (χ0n) is 10.4. The molecule has 2 nitrogen and oxygen atoms in total. The van der Waals surface area contributed by atoms with Crippen LogP contribution in [0.15, 0.2) is 30.3 Å². The molecule has 2 atom stereocenters. The van der Waals surface area contributed by atoms with Gasteiger partial charge in [0.2, 0.25) is 0 Å². The van der Waals surface area contributed by atoms with Crippen LogP contribution < -0.4 is 0 Å². The Hall–Kier alpha value is -0.860. The van der Waals surface area contributed by atoms with E-state index in [2.05, 4.69) is 30.3 Å². The maximum Gasteiger partial charge on any atom is 0.173 e. The largest absolute Gasteiger partial charge is 0.353 e. The molecule has 2 unspecified atom stereocenters. The van der Waals surface area contributed by atoms with Gasteiger partial charge in [0.05, 0.1) is 6.61 Å². The number of hydrogen-bond donors (Lipinski definition) is 0. The third-order valence-corrected chi connectivity index (χ3v) is 4.60. The zero-order chi connectivity index (χ0) is 11.8. The van der Waals surface area contributed by atoms with E-state index in [0.29, 0.717) is 0 Å². The molecule has 1 saturated carbocycles. The number of benzene rings is 1. The minimum Gasteiger partial charge on any atom is -0.353 e. The summed E-state index contributed by atoms with van der Waals surface area (Å²) in [5.41, 5.74) is 1.62. The zero-order valence-corrected chi connectivity index (χ0v) is 10.4. The van der Waals surface area contributed by atoms with Gasteiger partial charge in [-0.15, -0.1) is 0 Å². The molecule has 17 heavy (non-hydrogen) atoms. The highest BCUT2D eigenvalue weighted by atomic mass is 16.7. The predicted molar refractivity (Wildman–Crippen MR) is 66.7 cm³/mol. The van der Waals surface area contributed by atoms with Crippen molar-refractivity contribution in [3.8, 4) is 0 Å². The highest BCUT2D eigenvalue weighted by Gasteiger charge is 2.59. The fraction of sp³-hybridized carbons (Fsp3) is 0.600. The first-order chi connectivity index (χ1) is 8.30. The summed E-state index contributed by atoms with van der Waals surface area (Å²) in [6, 6.07) is 10.7. The van der Waals surface area contributed by atoms with Crippen LogP contribution in [0.1, 0.15) is 31.2 Å². The van der Waals surface area contributed by atoms with Gasteiger partial charge in [-0.2, -0.15) is 0 Å². The van der Waals surface area contributed by atoms with E-state index in [1.54, 1.807) is 7.11 Å². The summed E-state index contributed by atoms with van der Waals surface area (Å²) < 4.78 is 11.7. The van der Waals surface area contributed by atoms with Crippen LogP contribution >= 0.6 is 0 Å². The van der Waals surface area contributed by atoms with Crippen molar-refractivity contribution in [2.75, 3.05) is 13.7 Å². The molecule has 1 heterocycles. The lowest BCUT2D eigenvalue weighted by Crippen LogP contribution is -2.43. The molecule has 1 aromatic carbocycles. The fourth-order valence-electron chi connectivity index (χ4n) is 3.74. The lowest BCUT2D eigenvalue weighted by molar-refractivity contribution is -0.231. The van der Waals surface area contributed by atoms with E-state index in [9.17, 15) is 0 Å². The topological polar surface area (TPSA) is 18.5 Å². The van der Waals surface area contributed by atoms with Gasteiger partial charge < -0.3 is 9.47 Å². The molecule has 3 rings (SSSR count). The van der Waals surface area contributed by atoms with Gasteiger partial charge in [-0.1, -0.05) is 30.3 Å². The smallest absolute Gasteiger partial charge is 0.173 e. The van der Waals surface area contributed by atoms with E-state index in [1.165, 1.54) is 18.4 Å². The van der Waals surface area contributed by atoms with Gasteiger partial charge in [0.25, 0.3) is 0 Å². The lowest BCUT2D eigenvalue weighted by Gasteiger charge is -2.38. The number of rotatable bonds is 3. The molecule has 1 aliphatic heterocycles. The quantitative estimate of drug-likeness (QED) is 0.797. The number of ether oxygens (including phenoxy) is 2. The number of hydrogen-bond acceptors (Lipinski definition) is 2. The van der Waals surface area contributed by atoms with Gasteiger partial charge in [0.15, 0.2) is 5.79 Å². The molecular weight excluding hydrogens is 212 g/mol. The van der Waals surface area contributed by atoms with Crippen LogP contribution in [0, 0.1) is 5.41 Å². The minimum absolute atomic E-state index is 0.211. The fourth-order valence-corrected chi connectivity index (χ4v) is 3.74. The van der Waals surface area contributed by atoms with Gasteiger partial charge in [-0.05, 0) is 31.2 Å². The van der Waals surface area contributed by atoms with E-state index in [4.69, 9.17) is 9.47 Å². The summed E-state index contributed by atoms with van der Waals surface area (Å²) >= 11 is 0. The number of fused-ring (bicyclic) bond motifs is 1. The standard InChI is InChI=1S/C15H20O2/c1-16-15-9-5-8-14(15,10-11-17-15)12-13-6-3-2-4-7-13/h2-4,6-7H,5,8-12H2,1H3. The van der Waals surface area contributed by atoms with E-state index in [-0.39, 0.29) is 11.2 Å². The second-order valence-corrected chi connectivity index (χ2v) is 5.35. The van der Waals surface area contributed by atoms with Crippen molar-refractivity contribution in [1.29, 1.82) is 0 Å². The van der Waals surface area contributed by atoms with Crippen molar-refractivity contribution < 1.29 is 9.47 Å². The summed E-state index contributed by atoms with van der Waals surface area (Å²) in [5.74, 6) is -0.303. The average Bonchev–Trinajstić information content (AvgIpc) is 2.85. The van der Waals surface area contributed by atoms with Crippen LogP contribution in [0.3, 0.4) is 0 Å². The van der Waals surface area contributed by atoms with Crippen LogP contribution in [0.4, 0.5) is 0 Å². The Balaban J connectivity index is 1.90. The summed E-state index contributed by atoms with van der Waals surface area (Å²) in [4.78, 5) is 0. The average molecular weight is 232 g/mol. The van der Waals surface area contributed by atoms with Crippen LogP contribution in [-0.4, -0.2) is 19.5 Å². The molecule has 2 aliphatic rings. The van der Waals surface area contributed by atoms with Crippen molar-refractivity contribution in [2.24, 2.45) is 5.41 Å². The predicted octanol–water partition coefficient (Wildman–Crippen LogP) is 3.16.